The molecule has 0 N–H and O–H groups in total. The smallest absolute Gasteiger partial charge is 0.171 e. The van der Waals surface area contributed by atoms with Gasteiger partial charge in [-0.25, -0.2) is 4.98 Å². The van der Waals surface area contributed by atoms with Gasteiger partial charge in [0, 0.05) is 34.0 Å². The molecule has 0 fully saturated rings. The summed E-state index contributed by atoms with van der Waals surface area (Å²) in [5.41, 5.74) is 0.596. The zero-order valence-corrected chi connectivity index (χ0v) is 12.9. The van der Waals surface area contributed by atoms with E-state index in [1.807, 2.05) is 10.8 Å². The molecule has 0 aliphatic carbocycles. The lowest BCUT2D eigenvalue weighted by Crippen LogP contribution is -2.10. The Balaban J connectivity index is 2.21. The van der Waals surface area contributed by atoms with Crippen LogP contribution in [0.15, 0.2) is 35.1 Å². The predicted molar refractivity (Wildman–Crippen MR) is 79.7 cm³/mol. The van der Waals surface area contributed by atoms with Gasteiger partial charge in [-0.2, -0.15) is 0 Å². The van der Waals surface area contributed by atoms with Gasteiger partial charge in [0.2, 0.25) is 0 Å². The molecule has 0 amide bonds. The van der Waals surface area contributed by atoms with Crippen LogP contribution >= 0.6 is 27.5 Å². The van der Waals surface area contributed by atoms with Gasteiger partial charge in [0.1, 0.15) is 5.82 Å². The molecule has 1 aromatic heterocycles. The highest BCUT2D eigenvalue weighted by molar-refractivity contribution is 9.10. The largest absolute Gasteiger partial charge is 0.335 e. The second-order valence-corrected chi connectivity index (χ2v) is 5.55. The quantitative estimate of drug-likeness (QED) is 0.766. The monoisotopic (exact) mass is 340 g/mol. The fourth-order valence-electron chi connectivity index (χ4n) is 1.90. The van der Waals surface area contributed by atoms with E-state index in [0.717, 1.165) is 23.3 Å². The summed E-state index contributed by atoms with van der Waals surface area (Å²) in [5.74, 6) is 0.802. The molecule has 2 aromatic rings. The number of aromatic nitrogens is 2. The van der Waals surface area contributed by atoms with Crippen molar-refractivity contribution in [2.45, 2.75) is 26.3 Å². The summed E-state index contributed by atoms with van der Waals surface area (Å²) in [6, 6.07) is 5.22. The first-order chi connectivity index (χ1) is 9.11. The maximum Gasteiger partial charge on any atom is 0.171 e. The fraction of sp³-hybridized carbons (Fsp3) is 0.286. The van der Waals surface area contributed by atoms with Crippen LogP contribution in [0.2, 0.25) is 5.02 Å². The number of rotatable bonds is 5. The molecule has 1 heterocycles. The van der Waals surface area contributed by atoms with Crippen LogP contribution in [0, 0.1) is 0 Å². The highest BCUT2D eigenvalue weighted by Gasteiger charge is 2.14. The summed E-state index contributed by atoms with van der Waals surface area (Å²) in [4.78, 5) is 16.5. The lowest BCUT2D eigenvalue weighted by Gasteiger charge is -2.07. The van der Waals surface area contributed by atoms with Crippen LogP contribution < -0.4 is 0 Å². The first kappa shape index (κ1) is 14.3. The van der Waals surface area contributed by atoms with E-state index < -0.39 is 0 Å². The number of benzene rings is 1. The van der Waals surface area contributed by atoms with Gasteiger partial charge < -0.3 is 4.57 Å². The Hall–Kier alpha value is -1.13. The lowest BCUT2D eigenvalue weighted by atomic mass is 10.1. The molecular weight excluding hydrogens is 328 g/mol. The third-order valence-corrected chi connectivity index (χ3v) is 3.74. The Morgan fingerprint density at radius 3 is 3.00 bits per heavy atom. The zero-order valence-electron chi connectivity index (χ0n) is 10.6. The maximum atomic E-state index is 12.3. The molecule has 1 aromatic carbocycles. The van der Waals surface area contributed by atoms with Crippen LogP contribution in [0.5, 0.6) is 0 Å². The van der Waals surface area contributed by atoms with E-state index in [2.05, 4.69) is 27.8 Å². The van der Waals surface area contributed by atoms with Crippen molar-refractivity contribution in [3.63, 3.8) is 0 Å². The molecular formula is C14H14BrClN2O. The van der Waals surface area contributed by atoms with E-state index in [1.54, 1.807) is 24.4 Å². The Morgan fingerprint density at radius 1 is 1.47 bits per heavy atom. The first-order valence-electron chi connectivity index (χ1n) is 6.10. The number of nitrogens with zero attached hydrogens (tertiary/aromatic N) is 2. The average Bonchev–Trinajstić information content (AvgIpc) is 2.80. The van der Waals surface area contributed by atoms with Crippen molar-refractivity contribution in [3.05, 3.63) is 51.5 Å². The molecule has 2 rings (SSSR count). The third-order valence-electron chi connectivity index (χ3n) is 2.81. The molecule has 0 unspecified atom stereocenters. The molecule has 19 heavy (non-hydrogen) atoms. The van der Waals surface area contributed by atoms with Crippen molar-refractivity contribution in [1.29, 1.82) is 0 Å². The number of carbonyl (C=O) groups is 1. The lowest BCUT2D eigenvalue weighted by molar-refractivity contribution is 0.0989. The van der Waals surface area contributed by atoms with Crippen LogP contribution in [0.1, 0.15) is 29.5 Å². The zero-order chi connectivity index (χ0) is 13.8. The molecule has 3 nitrogen and oxygen atoms in total. The van der Waals surface area contributed by atoms with E-state index in [4.69, 9.17) is 11.6 Å². The number of hydrogen-bond acceptors (Lipinski definition) is 2. The summed E-state index contributed by atoms with van der Waals surface area (Å²) in [6.07, 6.45) is 4.93. The van der Waals surface area contributed by atoms with Crippen LogP contribution in [0.3, 0.4) is 0 Å². The van der Waals surface area contributed by atoms with Crippen molar-refractivity contribution in [1.82, 2.24) is 9.55 Å². The maximum absolute atomic E-state index is 12.3. The summed E-state index contributed by atoms with van der Waals surface area (Å²) in [5, 5.41) is 0.559. The van der Waals surface area contributed by atoms with E-state index >= 15 is 0 Å². The predicted octanol–water partition coefficient (Wildman–Crippen LogP) is 4.13. The van der Waals surface area contributed by atoms with Crippen molar-refractivity contribution in [2.24, 2.45) is 0 Å². The van der Waals surface area contributed by atoms with Gasteiger partial charge in [-0.05, 0) is 24.6 Å². The highest BCUT2D eigenvalue weighted by Crippen LogP contribution is 2.22. The Morgan fingerprint density at radius 2 is 2.26 bits per heavy atom. The second kappa shape index (κ2) is 6.35. The van der Waals surface area contributed by atoms with Crippen molar-refractivity contribution in [3.8, 4) is 0 Å². The van der Waals surface area contributed by atoms with Gasteiger partial charge >= 0.3 is 0 Å². The molecule has 0 saturated carbocycles. The Kier molecular flexibility index (Phi) is 4.77. The molecule has 0 atom stereocenters. The Bertz CT molecular complexity index is 595. The molecule has 0 radical (unpaired) electrons. The van der Waals surface area contributed by atoms with E-state index in [9.17, 15) is 4.79 Å². The van der Waals surface area contributed by atoms with Crippen molar-refractivity contribution < 1.29 is 4.79 Å². The summed E-state index contributed by atoms with van der Waals surface area (Å²) < 4.78 is 2.77. The minimum atomic E-state index is 0.0120. The first-order valence-corrected chi connectivity index (χ1v) is 7.27. The van der Waals surface area contributed by atoms with Crippen LogP contribution in [-0.4, -0.2) is 15.3 Å². The van der Waals surface area contributed by atoms with E-state index in [0.29, 0.717) is 10.6 Å². The van der Waals surface area contributed by atoms with Gasteiger partial charge in [-0.3, -0.25) is 4.79 Å². The minimum absolute atomic E-state index is 0.0120. The van der Waals surface area contributed by atoms with Crippen LogP contribution in [-0.2, 0) is 13.0 Å². The van der Waals surface area contributed by atoms with Crippen LogP contribution in [0.25, 0.3) is 0 Å². The number of ketones is 1. The fourth-order valence-corrected chi connectivity index (χ4v) is 2.54. The number of carbonyl (C=O) groups excluding carboxylic acids is 1. The van der Waals surface area contributed by atoms with Crippen molar-refractivity contribution >= 4 is 33.3 Å². The molecule has 0 spiro atoms. The van der Waals surface area contributed by atoms with Crippen molar-refractivity contribution in [2.75, 3.05) is 0 Å². The standard InChI is InChI=1S/C14H14BrClN2O/c1-2-6-18-7-5-17-14(18)9-13(19)11-8-10(16)3-4-12(11)15/h3-5,7-8H,2,6,9H2,1H3. The SMILES string of the molecule is CCCn1ccnc1CC(=O)c1cc(Cl)ccc1Br. The number of halogens is 2. The number of Topliss-reactive ketones (excluding diaryl/α,β-unsaturated/α-hetero) is 1. The molecule has 100 valence electrons. The minimum Gasteiger partial charge on any atom is -0.335 e. The molecule has 0 bridgehead atoms. The number of aryl methyl sites for hydroxylation is 1. The average molecular weight is 342 g/mol. The van der Waals surface area contributed by atoms with Gasteiger partial charge in [-0.1, -0.05) is 34.5 Å². The highest BCUT2D eigenvalue weighted by atomic mass is 79.9. The molecule has 0 saturated heterocycles. The van der Waals surface area contributed by atoms with E-state index in [-0.39, 0.29) is 12.2 Å². The number of imidazole rings is 1. The van der Waals surface area contributed by atoms with E-state index in [1.165, 1.54) is 0 Å². The van der Waals surface area contributed by atoms with Gasteiger partial charge in [0.25, 0.3) is 0 Å². The van der Waals surface area contributed by atoms with Gasteiger partial charge in [0.15, 0.2) is 5.78 Å². The van der Waals surface area contributed by atoms with Crippen LogP contribution in [0.4, 0.5) is 0 Å². The molecule has 0 aliphatic rings. The molecule has 5 heteroatoms. The Labute approximate surface area is 125 Å². The summed E-state index contributed by atoms with van der Waals surface area (Å²) in [6.45, 7) is 2.97. The normalized spacial score (nSPS) is 10.7. The number of hydrogen-bond donors (Lipinski definition) is 0. The second-order valence-electron chi connectivity index (χ2n) is 4.26. The van der Waals surface area contributed by atoms with Gasteiger partial charge in [-0.15, -0.1) is 0 Å². The van der Waals surface area contributed by atoms with Gasteiger partial charge in [0.05, 0.1) is 6.42 Å². The third kappa shape index (κ3) is 3.45. The summed E-state index contributed by atoms with van der Waals surface area (Å²) in [7, 11) is 0. The topological polar surface area (TPSA) is 34.9 Å². The molecule has 0 aliphatic heterocycles. The summed E-state index contributed by atoms with van der Waals surface area (Å²) >= 11 is 9.31.